The second kappa shape index (κ2) is 9.22. The molecule has 2 aromatic rings. The van der Waals surface area contributed by atoms with E-state index >= 15 is 0 Å². The molecule has 1 atom stereocenters. The van der Waals surface area contributed by atoms with Crippen LogP contribution in [0.1, 0.15) is 52.0 Å². The van der Waals surface area contributed by atoms with Crippen LogP contribution in [0.3, 0.4) is 0 Å². The number of nitrogens with one attached hydrogen (secondary N) is 3. The summed E-state index contributed by atoms with van der Waals surface area (Å²) in [5.41, 5.74) is 2.13. The number of hydrogen-bond donors (Lipinski definition) is 3. The molecule has 0 aliphatic carbocycles. The van der Waals surface area contributed by atoms with Crippen molar-refractivity contribution in [2.75, 3.05) is 18.4 Å². The van der Waals surface area contributed by atoms with E-state index in [4.69, 9.17) is 4.74 Å². The first-order chi connectivity index (χ1) is 16.5. The number of benzene rings is 1. The summed E-state index contributed by atoms with van der Waals surface area (Å²) in [5, 5.41) is 8.76. The highest BCUT2D eigenvalue weighted by Gasteiger charge is 2.44. The van der Waals surface area contributed by atoms with Crippen molar-refractivity contribution < 1.29 is 23.9 Å². The number of carbonyl (C=O) groups excluding carboxylic acids is 4. The normalized spacial score (nSPS) is 20.8. The summed E-state index contributed by atoms with van der Waals surface area (Å²) in [4.78, 5) is 54.7. The number of imide groups is 2. The largest absolute Gasteiger partial charge is 0.474 e. The van der Waals surface area contributed by atoms with Crippen LogP contribution in [-0.4, -0.2) is 58.7 Å². The molecule has 0 spiro atoms. The highest BCUT2D eigenvalue weighted by atomic mass is 16.5. The van der Waals surface area contributed by atoms with E-state index in [0.717, 1.165) is 42.1 Å². The quantitative estimate of drug-likeness (QED) is 0.546. The predicted molar refractivity (Wildman–Crippen MR) is 121 cm³/mol. The van der Waals surface area contributed by atoms with Crippen LogP contribution in [0.5, 0.6) is 5.88 Å². The van der Waals surface area contributed by atoms with Gasteiger partial charge in [0.05, 0.1) is 23.0 Å². The summed E-state index contributed by atoms with van der Waals surface area (Å²) in [6, 6.07) is 7.78. The van der Waals surface area contributed by atoms with E-state index in [9.17, 15) is 19.2 Å². The third-order valence-corrected chi connectivity index (χ3v) is 6.31. The van der Waals surface area contributed by atoms with Crippen LogP contribution < -0.4 is 20.7 Å². The molecule has 0 bridgehead atoms. The lowest BCUT2D eigenvalue weighted by Gasteiger charge is -2.27. The maximum Gasteiger partial charge on any atom is 0.262 e. The maximum atomic E-state index is 13.0. The summed E-state index contributed by atoms with van der Waals surface area (Å²) < 4.78 is 5.92. The van der Waals surface area contributed by atoms with Crippen molar-refractivity contribution in [3.05, 3.63) is 53.2 Å². The fourth-order valence-corrected chi connectivity index (χ4v) is 4.47. The van der Waals surface area contributed by atoms with Gasteiger partial charge in [-0.25, -0.2) is 4.98 Å². The molecular weight excluding hydrogens is 438 g/mol. The maximum absolute atomic E-state index is 13.0. The van der Waals surface area contributed by atoms with Gasteiger partial charge in [-0.1, -0.05) is 6.07 Å². The average molecular weight is 463 g/mol. The SMILES string of the molecule is O=C1CCC(N2C(=O)c3ccc(CNc4ccc(OC5CCNCC5)nc4)cc3C2=O)C(=O)N1. The van der Waals surface area contributed by atoms with Crippen LogP contribution in [0, 0.1) is 0 Å². The minimum atomic E-state index is -0.969. The fourth-order valence-electron chi connectivity index (χ4n) is 4.47. The molecule has 0 radical (unpaired) electrons. The second-order valence-corrected chi connectivity index (χ2v) is 8.63. The van der Waals surface area contributed by atoms with E-state index in [1.165, 1.54) is 0 Å². The molecule has 10 nitrogen and oxygen atoms in total. The van der Waals surface area contributed by atoms with E-state index in [-0.39, 0.29) is 30.1 Å². The molecule has 4 heterocycles. The number of ether oxygens (including phenoxy) is 1. The molecule has 3 aliphatic rings. The highest BCUT2D eigenvalue weighted by molar-refractivity contribution is 6.23. The molecule has 1 unspecified atom stereocenters. The van der Waals surface area contributed by atoms with Crippen molar-refractivity contribution in [3.63, 3.8) is 0 Å². The molecule has 10 heteroatoms. The van der Waals surface area contributed by atoms with Gasteiger partial charge in [0.1, 0.15) is 12.1 Å². The Bertz CT molecular complexity index is 1140. The fraction of sp³-hybridized carbons (Fsp3) is 0.375. The van der Waals surface area contributed by atoms with Crippen molar-refractivity contribution >= 4 is 29.3 Å². The number of rotatable bonds is 6. The van der Waals surface area contributed by atoms with Crippen molar-refractivity contribution in [3.8, 4) is 5.88 Å². The Kier molecular flexibility index (Phi) is 5.97. The summed E-state index contributed by atoms with van der Waals surface area (Å²) in [6.45, 7) is 2.32. The van der Waals surface area contributed by atoms with E-state index in [0.29, 0.717) is 12.4 Å². The smallest absolute Gasteiger partial charge is 0.262 e. The Labute approximate surface area is 196 Å². The van der Waals surface area contributed by atoms with Crippen LogP contribution in [0.15, 0.2) is 36.5 Å². The summed E-state index contributed by atoms with van der Waals surface area (Å²) in [5.74, 6) is -1.45. The zero-order valence-corrected chi connectivity index (χ0v) is 18.5. The standard InChI is InChI=1S/C24H25N5O5/c30-20-5-4-19(22(31)28-20)29-23(32)17-3-1-14(11-18(17)24(29)33)12-26-15-2-6-21(27-13-15)34-16-7-9-25-10-8-16/h1-3,6,11,13,16,19,25-26H,4-5,7-10,12H2,(H,28,30,31). The first-order valence-corrected chi connectivity index (χ1v) is 11.4. The van der Waals surface area contributed by atoms with E-state index in [1.807, 2.05) is 12.1 Å². The molecule has 2 fully saturated rings. The van der Waals surface area contributed by atoms with E-state index < -0.39 is 29.7 Å². The number of hydrogen-bond acceptors (Lipinski definition) is 8. The van der Waals surface area contributed by atoms with Crippen LogP contribution in [0.25, 0.3) is 0 Å². The molecule has 34 heavy (non-hydrogen) atoms. The lowest BCUT2D eigenvalue weighted by Crippen LogP contribution is -2.54. The zero-order valence-electron chi connectivity index (χ0n) is 18.5. The third-order valence-electron chi connectivity index (χ3n) is 6.31. The van der Waals surface area contributed by atoms with Crippen molar-refractivity contribution in [1.82, 2.24) is 20.5 Å². The third kappa shape index (κ3) is 4.36. The number of anilines is 1. The number of piperidine rings is 2. The van der Waals surface area contributed by atoms with Crippen LogP contribution in [-0.2, 0) is 16.1 Å². The molecule has 3 aliphatic heterocycles. The van der Waals surface area contributed by atoms with Crippen molar-refractivity contribution in [1.29, 1.82) is 0 Å². The molecule has 2 saturated heterocycles. The summed E-state index contributed by atoms with van der Waals surface area (Å²) in [7, 11) is 0. The highest BCUT2D eigenvalue weighted by Crippen LogP contribution is 2.28. The van der Waals surface area contributed by atoms with Gasteiger partial charge in [0.25, 0.3) is 11.8 Å². The minimum Gasteiger partial charge on any atom is -0.474 e. The topological polar surface area (TPSA) is 130 Å². The molecule has 0 saturated carbocycles. The Balaban J connectivity index is 1.22. The van der Waals surface area contributed by atoms with Gasteiger partial charge in [-0.15, -0.1) is 0 Å². The van der Waals surface area contributed by atoms with Crippen LogP contribution in [0.2, 0.25) is 0 Å². The van der Waals surface area contributed by atoms with Crippen LogP contribution in [0.4, 0.5) is 5.69 Å². The molecule has 3 N–H and O–H groups in total. The van der Waals surface area contributed by atoms with Gasteiger partial charge in [-0.2, -0.15) is 0 Å². The van der Waals surface area contributed by atoms with Crippen molar-refractivity contribution in [2.45, 2.75) is 44.4 Å². The number of fused-ring (bicyclic) bond motifs is 1. The van der Waals surface area contributed by atoms with Gasteiger partial charge in [0.15, 0.2) is 0 Å². The Morgan fingerprint density at radius 2 is 1.79 bits per heavy atom. The molecule has 5 rings (SSSR count). The lowest BCUT2D eigenvalue weighted by molar-refractivity contribution is -0.136. The van der Waals surface area contributed by atoms with E-state index in [2.05, 4.69) is 20.9 Å². The number of aromatic nitrogens is 1. The number of pyridine rings is 1. The molecule has 176 valence electrons. The molecular formula is C24H25N5O5. The Morgan fingerprint density at radius 3 is 2.53 bits per heavy atom. The van der Waals surface area contributed by atoms with Gasteiger partial charge in [0.2, 0.25) is 17.7 Å². The number of carbonyl (C=O) groups is 4. The second-order valence-electron chi connectivity index (χ2n) is 8.63. The van der Waals surface area contributed by atoms with Gasteiger partial charge < -0.3 is 15.4 Å². The average Bonchev–Trinajstić information content (AvgIpc) is 3.09. The summed E-state index contributed by atoms with van der Waals surface area (Å²) >= 11 is 0. The monoisotopic (exact) mass is 463 g/mol. The number of nitrogens with zero attached hydrogens (tertiary/aromatic N) is 2. The van der Waals surface area contributed by atoms with Gasteiger partial charge in [-0.05, 0) is 56.1 Å². The van der Waals surface area contributed by atoms with Gasteiger partial charge >= 0.3 is 0 Å². The first kappa shape index (κ1) is 22.0. The van der Waals surface area contributed by atoms with Crippen molar-refractivity contribution in [2.24, 2.45) is 0 Å². The predicted octanol–water partition coefficient (Wildman–Crippen LogP) is 1.23. The molecule has 1 aromatic heterocycles. The number of amides is 4. The Morgan fingerprint density at radius 1 is 1.00 bits per heavy atom. The Hall–Kier alpha value is -3.79. The lowest BCUT2D eigenvalue weighted by atomic mass is 10.0. The first-order valence-electron chi connectivity index (χ1n) is 11.4. The zero-order chi connectivity index (χ0) is 23.7. The van der Waals surface area contributed by atoms with E-state index in [1.54, 1.807) is 24.4 Å². The molecule has 4 amide bonds. The summed E-state index contributed by atoms with van der Waals surface area (Å²) in [6.07, 6.45) is 4.02. The van der Waals surface area contributed by atoms with Gasteiger partial charge in [-0.3, -0.25) is 29.4 Å². The molecule has 1 aromatic carbocycles. The minimum absolute atomic E-state index is 0.0920. The van der Waals surface area contributed by atoms with Gasteiger partial charge in [0, 0.05) is 19.0 Å². The van der Waals surface area contributed by atoms with Crippen LogP contribution >= 0.6 is 0 Å².